The first-order chi connectivity index (χ1) is 9.93. The van der Waals surface area contributed by atoms with Gasteiger partial charge in [-0.05, 0) is 50.0 Å². The number of carboxylic acids is 1. The van der Waals surface area contributed by atoms with Crippen LogP contribution in [0.3, 0.4) is 0 Å². The highest BCUT2D eigenvalue weighted by Gasteiger charge is 2.23. The number of rotatable bonds is 8. The maximum atomic E-state index is 12.0. The summed E-state index contributed by atoms with van der Waals surface area (Å²) in [7, 11) is 0. The van der Waals surface area contributed by atoms with Gasteiger partial charge in [-0.1, -0.05) is 12.1 Å². The Morgan fingerprint density at radius 3 is 2.71 bits per heavy atom. The highest BCUT2D eigenvalue weighted by atomic mass is 32.2. The molecule has 1 amide bonds. The summed E-state index contributed by atoms with van der Waals surface area (Å²) in [4.78, 5) is 23.1. The van der Waals surface area contributed by atoms with Gasteiger partial charge in [0.25, 0.3) is 5.91 Å². The van der Waals surface area contributed by atoms with Crippen molar-refractivity contribution in [3.05, 3.63) is 29.8 Å². The summed E-state index contributed by atoms with van der Waals surface area (Å²) in [6, 6.07) is 6.48. The predicted octanol–water partition coefficient (Wildman–Crippen LogP) is 2.08. The van der Waals surface area contributed by atoms with Crippen molar-refractivity contribution in [3.63, 3.8) is 0 Å². The lowest BCUT2D eigenvalue weighted by Crippen LogP contribution is -2.46. The van der Waals surface area contributed by atoms with E-state index in [1.54, 1.807) is 24.8 Å². The second-order valence-electron chi connectivity index (χ2n) is 4.76. The van der Waals surface area contributed by atoms with Crippen molar-refractivity contribution in [1.29, 1.82) is 0 Å². The highest BCUT2D eigenvalue weighted by Crippen LogP contribution is 2.14. The van der Waals surface area contributed by atoms with Gasteiger partial charge in [0.1, 0.15) is 11.8 Å². The van der Waals surface area contributed by atoms with Gasteiger partial charge >= 0.3 is 5.97 Å². The van der Waals surface area contributed by atoms with E-state index in [4.69, 9.17) is 9.84 Å². The minimum Gasteiger partial charge on any atom is -0.481 e. The molecule has 0 saturated carbocycles. The van der Waals surface area contributed by atoms with Crippen LogP contribution in [-0.4, -0.2) is 41.1 Å². The molecule has 21 heavy (non-hydrogen) atoms. The van der Waals surface area contributed by atoms with Gasteiger partial charge in [0, 0.05) is 0 Å². The van der Waals surface area contributed by atoms with Crippen molar-refractivity contribution in [3.8, 4) is 5.75 Å². The zero-order chi connectivity index (χ0) is 15.8. The maximum Gasteiger partial charge on any atom is 0.326 e. The fourth-order valence-electron chi connectivity index (χ4n) is 1.73. The molecule has 1 rings (SSSR count). The van der Waals surface area contributed by atoms with Crippen LogP contribution in [0.25, 0.3) is 0 Å². The van der Waals surface area contributed by atoms with Crippen molar-refractivity contribution in [2.24, 2.45) is 0 Å². The molecule has 0 saturated heterocycles. The molecule has 0 radical (unpaired) electrons. The molecule has 6 heteroatoms. The van der Waals surface area contributed by atoms with Crippen LogP contribution in [0.5, 0.6) is 5.75 Å². The van der Waals surface area contributed by atoms with E-state index < -0.39 is 24.0 Å². The molecule has 0 aliphatic rings. The Balaban J connectivity index is 2.58. The number of aliphatic carboxylic acids is 1. The van der Waals surface area contributed by atoms with E-state index in [0.29, 0.717) is 17.9 Å². The first-order valence-electron chi connectivity index (χ1n) is 6.69. The van der Waals surface area contributed by atoms with Crippen LogP contribution >= 0.6 is 11.8 Å². The number of carbonyl (C=O) groups excluding carboxylic acids is 1. The molecular formula is C15H21NO4S. The molecule has 0 spiro atoms. The number of carboxylic acid groups (broad SMARTS) is 1. The number of benzene rings is 1. The van der Waals surface area contributed by atoms with Crippen molar-refractivity contribution in [1.82, 2.24) is 5.32 Å². The Morgan fingerprint density at radius 1 is 1.43 bits per heavy atom. The van der Waals surface area contributed by atoms with E-state index >= 15 is 0 Å². The van der Waals surface area contributed by atoms with Gasteiger partial charge < -0.3 is 15.2 Å². The lowest BCUT2D eigenvalue weighted by atomic mass is 10.2. The number of thioether (sulfide) groups is 1. The van der Waals surface area contributed by atoms with Crippen molar-refractivity contribution >= 4 is 23.6 Å². The third-order valence-corrected chi connectivity index (χ3v) is 3.54. The third-order valence-electron chi connectivity index (χ3n) is 2.90. The third kappa shape index (κ3) is 6.08. The van der Waals surface area contributed by atoms with Gasteiger partial charge in [0.2, 0.25) is 0 Å². The monoisotopic (exact) mass is 311 g/mol. The number of amides is 1. The van der Waals surface area contributed by atoms with Crippen LogP contribution in [0.2, 0.25) is 0 Å². The van der Waals surface area contributed by atoms with E-state index in [9.17, 15) is 9.59 Å². The molecule has 0 aliphatic heterocycles. The van der Waals surface area contributed by atoms with Crippen LogP contribution in [-0.2, 0) is 9.59 Å². The number of ether oxygens (including phenoxy) is 1. The maximum absolute atomic E-state index is 12.0. The van der Waals surface area contributed by atoms with Crippen LogP contribution in [0.15, 0.2) is 24.3 Å². The Labute approximate surface area is 129 Å². The SMILES string of the molecule is CSCCC(NC(=O)C(C)Oc1cccc(C)c1)C(=O)O. The minimum atomic E-state index is -1.03. The summed E-state index contributed by atoms with van der Waals surface area (Å²) >= 11 is 1.54. The van der Waals surface area contributed by atoms with E-state index in [1.165, 1.54) is 0 Å². The first-order valence-corrected chi connectivity index (χ1v) is 8.09. The lowest BCUT2D eigenvalue weighted by molar-refractivity contribution is -0.142. The summed E-state index contributed by atoms with van der Waals surface area (Å²) < 4.78 is 5.53. The molecule has 0 aromatic heterocycles. The largest absolute Gasteiger partial charge is 0.481 e. The Morgan fingerprint density at radius 2 is 2.14 bits per heavy atom. The molecule has 0 fully saturated rings. The van der Waals surface area contributed by atoms with Gasteiger partial charge in [-0.2, -0.15) is 11.8 Å². The van der Waals surface area contributed by atoms with Crippen molar-refractivity contribution < 1.29 is 19.4 Å². The summed E-state index contributed by atoms with van der Waals surface area (Å²) in [5.74, 6) is -0.191. The average Bonchev–Trinajstić information content (AvgIpc) is 2.42. The zero-order valence-corrected chi connectivity index (χ0v) is 13.3. The van der Waals surface area contributed by atoms with Crippen LogP contribution < -0.4 is 10.1 Å². The Bertz CT molecular complexity index is 492. The predicted molar refractivity (Wildman–Crippen MR) is 83.8 cm³/mol. The molecule has 1 aromatic carbocycles. The topological polar surface area (TPSA) is 75.6 Å². The van der Waals surface area contributed by atoms with Gasteiger partial charge in [0.05, 0.1) is 0 Å². The van der Waals surface area contributed by atoms with E-state index in [2.05, 4.69) is 5.32 Å². The minimum absolute atomic E-state index is 0.388. The first kappa shape index (κ1) is 17.4. The highest BCUT2D eigenvalue weighted by molar-refractivity contribution is 7.98. The fourth-order valence-corrected chi connectivity index (χ4v) is 2.20. The van der Waals surface area contributed by atoms with E-state index in [1.807, 2.05) is 31.4 Å². The summed E-state index contributed by atoms with van der Waals surface area (Å²) in [6.45, 7) is 3.53. The number of hydrogen-bond acceptors (Lipinski definition) is 4. The Hall–Kier alpha value is -1.69. The van der Waals surface area contributed by atoms with Crippen LogP contribution in [0.1, 0.15) is 18.9 Å². The van der Waals surface area contributed by atoms with Gasteiger partial charge in [-0.15, -0.1) is 0 Å². The molecule has 0 bridgehead atoms. The number of nitrogens with one attached hydrogen (secondary N) is 1. The number of hydrogen-bond donors (Lipinski definition) is 2. The molecule has 0 heterocycles. The van der Waals surface area contributed by atoms with Crippen LogP contribution in [0, 0.1) is 6.92 Å². The van der Waals surface area contributed by atoms with Crippen molar-refractivity contribution in [2.45, 2.75) is 32.4 Å². The molecule has 2 unspecified atom stereocenters. The second kappa shape index (κ2) is 8.56. The van der Waals surface area contributed by atoms with Crippen molar-refractivity contribution in [2.75, 3.05) is 12.0 Å². The number of aryl methyl sites for hydroxylation is 1. The average molecular weight is 311 g/mol. The fraction of sp³-hybridized carbons (Fsp3) is 0.467. The quantitative estimate of drug-likeness (QED) is 0.769. The molecule has 116 valence electrons. The lowest BCUT2D eigenvalue weighted by Gasteiger charge is -2.18. The van der Waals surface area contributed by atoms with Gasteiger partial charge in [-0.25, -0.2) is 4.79 Å². The van der Waals surface area contributed by atoms with Gasteiger partial charge in [0.15, 0.2) is 6.10 Å². The van der Waals surface area contributed by atoms with E-state index in [0.717, 1.165) is 5.56 Å². The molecule has 0 aliphatic carbocycles. The molecular weight excluding hydrogens is 290 g/mol. The summed E-state index contributed by atoms with van der Waals surface area (Å²) in [6.07, 6.45) is 1.53. The van der Waals surface area contributed by atoms with E-state index in [-0.39, 0.29) is 0 Å². The smallest absolute Gasteiger partial charge is 0.326 e. The second-order valence-corrected chi connectivity index (χ2v) is 5.74. The standard InChI is InChI=1S/C15H21NO4S/c1-10-5-4-6-12(9-10)20-11(2)14(17)16-13(15(18)19)7-8-21-3/h4-6,9,11,13H,7-8H2,1-3H3,(H,16,17)(H,18,19). The molecule has 5 nitrogen and oxygen atoms in total. The molecule has 2 atom stereocenters. The molecule has 1 aromatic rings. The zero-order valence-electron chi connectivity index (χ0n) is 12.5. The number of carbonyl (C=O) groups is 2. The normalized spacial score (nSPS) is 13.3. The van der Waals surface area contributed by atoms with Crippen LogP contribution in [0.4, 0.5) is 0 Å². The summed E-state index contributed by atoms with van der Waals surface area (Å²) in [5.41, 5.74) is 1.03. The summed E-state index contributed by atoms with van der Waals surface area (Å²) in [5, 5.41) is 11.6. The van der Waals surface area contributed by atoms with Gasteiger partial charge in [-0.3, -0.25) is 4.79 Å². The molecule has 2 N–H and O–H groups in total. The Kier molecular flexibility index (Phi) is 7.08.